The maximum absolute atomic E-state index is 13.5. The summed E-state index contributed by atoms with van der Waals surface area (Å²) in [7, 11) is 0. The molecule has 0 bridgehead atoms. The number of amidine groups is 1. The van der Waals surface area contributed by atoms with E-state index in [1.165, 1.54) is 12.1 Å². The number of nitrogen functional groups attached to an aromatic ring is 1. The molecule has 0 aliphatic carbocycles. The van der Waals surface area contributed by atoms with Crippen molar-refractivity contribution < 1.29 is 14.0 Å². The number of anilines is 1. The van der Waals surface area contributed by atoms with E-state index in [0.29, 0.717) is 23.3 Å². The van der Waals surface area contributed by atoms with E-state index in [-0.39, 0.29) is 24.1 Å². The molecule has 0 amide bonds. The smallest absolute Gasteiger partial charge is 0.220 e. The number of nitrogens with one attached hydrogen (secondary N) is 1. The van der Waals surface area contributed by atoms with Crippen LogP contribution in [0.5, 0.6) is 0 Å². The summed E-state index contributed by atoms with van der Waals surface area (Å²) >= 11 is 3.43. The van der Waals surface area contributed by atoms with Gasteiger partial charge in [-0.25, -0.2) is 24.7 Å². The number of halogens is 2. The minimum atomic E-state index is -0.326. The zero-order valence-corrected chi connectivity index (χ0v) is 17.0. The van der Waals surface area contributed by atoms with Crippen LogP contribution in [0.1, 0.15) is 47.8 Å². The molecule has 1 fully saturated rings. The Morgan fingerprint density at radius 2 is 2.18 bits per heavy atom. The Hall–Kier alpha value is -2.10. The van der Waals surface area contributed by atoms with Gasteiger partial charge in [0.05, 0.1) is 23.0 Å². The van der Waals surface area contributed by atoms with Gasteiger partial charge in [0, 0.05) is 23.9 Å². The fraction of sp³-hybridized carbons (Fsp3) is 0.421. The first-order valence-electron chi connectivity index (χ1n) is 9.20. The highest BCUT2D eigenvalue weighted by atomic mass is 79.9. The van der Waals surface area contributed by atoms with E-state index in [0.717, 1.165) is 41.8 Å². The van der Waals surface area contributed by atoms with Gasteiger partial charge >= 0.3 is 0 Å². The Bertz CT molecular complexity index is 917. The summed E-state index contributed by atoms with van der Waals surface area (Å²) in [6, 6.07) is 4.30. The number of aryl methyl sites for hydroxylation is 1. The fourth-order valence-electron chi connectivity index (χ4n) is 3.51. The summed E-state index contributed by atoms with van der Waals surface area (Å²) in [6.45, 7) is 2.54. The molecule has 2 atom stereocenters. The molecule has 2 aliphatic rings. The van der Waals surface area contributed by atoms with Gasteiger partial charge < -0.3 is 10.5 Å². The van der Waals surface area contributed by atoms with Gasteiger partial charge in [-0.1, -0.05) is 22.0 Å². The van der Waals surface area contributed by atoms with Crippen molar-refractivity contribution >= 4 is 27.7 Å². The van der Waals surface area contributed by atoms with E-state index in [4.69, 9.17) is 20.3 Å². The van der Waals surface area contributed by atoms with Crippen LogP contribution >= 0.6 is 15.9 Å². The number of fused-ring (bicyclic) bond motifs is 1. The molecular weight excluding hydrogens is 429 g/mol. The quantitative estimate of drug-likeness (QED) is 0.697. The van der Waals surface area contributed by atoms with Crippen molar-refractivity contribution in [1.82, 2.24) is 15.4 Å². The molecule has 1 unspecified atom stereocenters. The number of hydrogen-bond donors (Lipinski definition) is 2. The number of aliphatic imine (C=N–C) groups is 1. The number of benzene rings is 1. The molecule has 0 spiro atoms. The predicted molar refractivity (Wildman–Crippen MR) is 106 cm³/mol. The number of hydroxylamine groups is 1. The predicted octanol–water partition coefficient (Wildman–Crippen LogP) is 3.36. The monoisotopic (exact) mass is 449 g/mol. The summed E-state index contributed by atoms with van der Waals surface area (Å²) in [5.74, 6) is 0.425. The Morgan fingerprint density at radius 3 is 2.93 bits per heavy atom. The van der Waals surface area contributed by atoms with Crippen molar-refractivity contribution in [1.29, 1.82) is 0 Å². The molecule has 1 aromatic carbocycles. The van der Waals surface area contributed by atoms with E-state index in [9.17, 15) is 4.39 Å². The van der Waals surface area contributed by atoms with Crippen LogP contribution in [-0.2, 0) is 16.0 Å². The van der Waals surface area contributed by atoms with Gasteiger partial charge in [0.15, 0.2) is 12.1 Å². The second-order valence-corrected chi connectivity index (χ2v) is 7.72. The summed E-state index contributed by atoms with van der Waals surface area (Å²) < 4.78 is 19.8. The SMILES string of the molecule is Cc1nc(N)nc2c1C(NOC1CCCCO1)=N[C@@H](c1ccc(F)cc1Br)C2. The largest absolute Gasteiger partial charge is 0.368 e. The second kappa shape index (κ2) is 8.10. The molecule has 3 N–H and O–H groups in total. The average Bonchev–Trinajstić information content (AvgIpc) is 2.66. The molecule has 2 aliphatic heterocycles. The van der Waals surface area contributed by atoms with Crippen LogP contribution in [0.4, 0.5) is 10.3 Å². The highest BCUT2D eigenvalue weighted by Gasteiger charge is 2.28. The first kappa shape index (κ1) is 19.2. The molecular formula is C19H21BrFN5O2. The first-order valence-corrected chi connectivity index (χ1v) is 10.00. The normalized spacial score (nSPS) is 21.8. The van der Waals surface area contributed by atoms with Gasteiger partial charge in [-0.05, 0) is 37.5 Å². The lowest BCUT2D eigenvalue weighted by Crippen LogP contribution is -2.36. The van der Waals surface area contributed by atoms with E-state index in [2.05, 4.69) is 31.4 Å². The first-order chi connectivity index (χ1) is 13.5. The summed E-state index contributed by atoms with van der Waals surface area (Å²) in [5.41, 5.74) is 11.9. The highest BCUT2D eigenvalue weighted by molar-refractivity contribution is 9.10. The van der Waals surface area contributed by atoms with Crippen LogP contribution in [0.25, 0.3) is 0 Å². The van der Waals surface area contributed by atoms with E-state index < -0.39 is 0 Å². The zero-order chi connectivity index (χ0) is 19.7. The van der Waals surface area contributed by atoms with Crippen LogP contribution in [0, 0.1) is 12.7 Å². The van der Waals surface area contributed by atoms with Gasteiger partial charge in [0.1, 0.15) is 5.82 Å². The summed E-state index contributed by atoms with van der Waals surface area (Å²) in [5, 5.41) is 0. The number of nitrogens with zero attached hydrogens (tertiary/aromatic N) is 3. The molecule has 0 radical (unpaired) electrons. The Kier molecular flexibility index (Phi) is 5.56. The molecule has 148 valence electrons. The molecule has 0 saturated carbocycles. The minimum Gasteiger partial charge on any atom is -0.368 e. The third-order valence-corrected chi connectivity index (χ3v) is 5.52. The lowest BCUT2D eigenvalue weighted by Gasteiger charge is -2.27. The van der Waals surface area contributed by atoms with E-state index >= 15 is 0 Å². The number of ether oxygens (including phenoxy) is 1. The van der Waals surface area contributed by atoms with Crippen LogP contribution < -0.4 is 11.2 Å². The average molecular weight is 450 g/mol. The van der Waals surface area contributed by atoms with Crippen LogP contribution in [0.15, 0.2) is 27.7 Å². The van der Waals surface area contributed by atoms with Crippen LogP contribution in [0.3, 0.4) is 0 Å². The maximum atomic E-state index is 13.5. The molecule has 1 aromatic heterocycles. The van der Waals surface area contributed by atoms with Crippen molar-refractivity contribution in [3.63, 3.8) is 0 Å². The van der Waals surface area contributed by atoms with Gasteiger partial charge in [0.2, 0.25) is 5.95 Å². The topological polar surface area (TPSA) is 94.7 Å². The van der Waals surface area contributed by atoms with Gasteiger partial charge in [-0.2, -0.15) is 0 Å². The third-order valence-electron chi connectivity index (χ3n) is 4.84. The Labute approximate surface area is 170 Å². The van der Waals surface area contributed by atoms with Crippen LogP contribution in [0.2, 0.25) is 0 Å². The van der Waals surface area contributed by atoms with Crippen molar-refractivity contribution in [3.8, 4) is 0 Å². The van der Waals surface area contributed by atoms with E-state index in [1.807, 2.05) is 6.92 Å². The van der Waals surface area contributed by atoms with Crippen LogP contribution in [-0.4, -0.2) is 28.7 Å². The van der Waals surface area contributed by atoms with Crippen molar-refractivity contribution in [3.05, 3.63) is 51.0 Å². The number of nitrogens with two attached hydrogens (primary N) is 1. The lowest BCUT2D eigenvalue weighted by molar-refractivity contribution is -0.182. The van der Waals surface area contributed by atoms with Gasteiger partial charge in [-0.15, -0.1) is 0 Å². The molecule has 7 nitrogen and oxygen atoms in total. The summed E-state index contributed by atoms with van der Waals surface area (Å²) in [6.07, 6.45) is 3.11. The van der Waals surface area contributed by atoms with Crippen molar-refractivity contribution in [2.75, 3.05) is 12.3 Å². The molecule has 2 aromatic rings. The Balaban J connectivity index is 1.67. The maximum Gasteiger partial charge on any atom is 0.220 e. The summed E-state index contributed by atoms with van der Waals surface area (Å²) in [4.78, 5) is 19.2. The third kappa shape index (κ3) is 4.01. The lowest BCUT2D eigenvalue weighted by atomic mass is 9.95. The standard InChI is InChI=1S/C19H21BrFN5O2/c1-10-17-15(25-19(22)23-10)9-14(12-6-5-11(21)8-13(12)20)24-18(17)26-28-16-4-2-3-7-27-16/h5-6,8,14,16H,2-4,7,9H2,1H3,(H,24,26)(H2,22,23,25)/t14-,16?/m1/s1. The van der Waals surface area contributed by atoms with Crippen molar-refractivity contribution in [2.24, 2.45) is 4.99 Å². The van der Waals surface area contributed by atoms with E-state index in [1.54, 1.807) is 6.07 Å². The zero-order valence-electron chi connectivity index (χ0n) is 15.4. The van der Waals surface area contributed by atoms with Gasteiger partial charge in [-0.3, -0.25) is 4.99 Å². The molecule has 28 heavy (non-hydrogen) atoms. The molecule has 1 saturated heterocycles. The van der Waals surface area contributed by atoms with Gasteiger partial charge in [0.25, 0.3) is 0 Å². The fourth-order valence-corrected chi connectivity index (χ4v) is 4.13. The second-order valence-electron chi connectivity index (χ2n) is 6.87. The Morgan fingerprint density at radius 1 is 1.32 bits per heavy atom. The highest BCUT2D eigenvalue weighted by Crippen LogP contribution is 2.34. The number of rotatable bonds is 3. The minimum absolute atomic E-state index is 0.214. The molecule has 3 heterocycles. The van der Waals surface area contributed by atoms with Crippen molar-refractivity contribution in [2.45, 2.75) is 44.9 Å². The molecule has 4 rings (SSSR count). The number of aromatic nitrogens is 2. The molecule has 9 heteroatoms. The number of hydrogen-bond acceptors (Lipinski definition) is 7.